The molecule has 10 heteroatoms. The van der Waals surface area contributed by atoms with Gasteiger partial charge in [0.1, 0.15) is 31.2 Å². The molecular formula is C25H30Cl3NO6. The summed E-state index contributed by atoms with van der Waals surface area (Å²) in [7, 11) is 0. The largest absolute Gasteiger partial charge is 0.491 e. The van der Waals surface area contributed by atoms with E-state index in [0.717, 1.165) is 16.0 Å². The number of carbonyl (C=O) groups is 2. The fraction of sp³-hybridized carbons (Fsp3) is 0.440. The topological polar surface area (TPSA) is 96.3 Å². The van der Waals surface area contributed by atoms with Gasteiger partial charge in [-0.25, -0.2) is 0 Å². The molecule has 2 aromatic carbocycles. The lowest BCUT2D eigenvalue weighted by Gasteiger charge is -2.27. The molecule has 0 radical (unpaired) electrons. The Kier molecular flexibility index (Phi) is 10.7. The number of hydrogen-bond acceptors (Lipinski definition) is 6. The van der Waals surface area contributed by atoms with Crippen molar-refractivity contribution in [3.05, 3.63) is 57.6 Å². The zero-order chi connectivity index (χ0) is 26.3. The normalized spacial score (nSPS) is 13.2. The Morgan fingerprint density at radius 2 is 1.43 bits per heavy atom. The summed E-state index contributed by atoms with van der Waals surface area (Å²) in [4.78, 5) is 23.9. The Bertz CT molecular complexity index is 991. The van der Waals surface area contributed by atoms with E-state index in [4.69, 9.17) is 44.3 Å². The SMILES string of the molecule is CC(=O)N(C[C@H](O)COc1ccc(C(C)(C)c2cc(Cl)c(OC[C@H](O)CCl)c(Cl)c2)cc1)C(C)=O. The molecule has 2 aromatic rings. The Morgan fingerprint density at radius 1 is 0.914 bits per heavy atom. The van der Waals surface area contributed by atoms with Crippen LogP contribution in [0, 0.1) is 0 Å². The van der Waals surface area contributed by atoms with Crippen molar-refractivity contribution in [2.75, 3.05) is 25.6 Å². The summed E-state index contributed by atoms with van der Waals surface area (Å²) < 4.78 is 11.2. The van der Waals surface area contributed by atoms with Crippen molar-refractivity contribution in [1.29, 1.82) is 0 Å². The maximum Gasteiger partial charge on any atom is 0.226 e. The van der Waals surface area contributed by atoms with Crippen LogP contribution >= 0.6 is 34.8 Å². The number of amides is 2. The number of hydrogen-bond donors (Lipinski definition) is 2. The highest BCUT2D eigenvalue weighted by Gasteiger charge is 2.26. The third kappa shape index (κ3) is 7.98. The standard InChI is InChI=1S/C25H30Cl3NO6/c1-15(30)29(16(2)31)12-20(33)14-34-21-7-5-17(6-8-21)25(3,4)18-9-22(27)24(23(28)10-18)35-13-19(32)11-26/h5-10,19-20,32-33H,11-14H2,1-4H3/t19-,20+/m1/s1. The molecule has 0 saturated carbocycles. The number of aliphatic hydroxyl groups excluding tert-OH is 2. The number of imide groups is 1. The van der Waals surface area contributed by atoms with Gasteiger partial charge in [-0.3, -0.25) is 14.5 Å². The second-order valence-electron chi connectivity index (χ2n) is 8.65. The highest BCUT2D eigenvalue weighted by atomic mass is 35.5. The van der Waals surface area contributed by atoms with E-state index in [1.54, 1.807) is 24.3 Å². The molecular weight excluding hydrogens is 517 g/mol. The van der Waals surface area contributed by atoms with Crippen molar-refractivity contribution >= 4 is 46.6 Å². The van der Waals surface area contributed by atoms with Gasteiger partial charge in [0.15, 0.2) is 5.75 Å². The van der Waals surface area contributed by atoms with Gasteiger partial charge in [0.25, 0.3) is 0 Å². The van der Waals surface area contributed by atoms with Crippen molar-refractivity contribution in [1.82, 2.24) is 4.90 Å². The van der Waals surface area contributed by atoms with Crippen LogP contribution in [0.25, 0.3) is 0 Å². The Labute approximate surface area is 220 Å². The number of ether oxygens (including phenoxy) is 2. The van der Waals surface area contributed by atoms with Gasteiger partial charge in [0.05, 0.1) is 22.5 Å². The first-order chi connectivity index (χ1) is 16.4. The van der Waals surface area contributed by atoms with Crippen LogP contribution in [0.4, 0.5) is 0 Å². The second kappa shape index (κ2) is 12.8. The second-order valence-corrected chi connectivity index (χ2v) is 9.77. The lowest BCUT2D eigenvalue weighted by molar-refractivity contribution is -0.144. The number of carbonyl (C=O) groups excluding carboxylic acids is 2. The van der Waals surface area contributed by atoms with Crippen molar-refractivity contribution in [3.8, 4) is 11.5 Å². The van der Waals surface area contributed by atoms with E-state index in [2.05, 4.69) is 0 Å². The summed E-state index contributed by atoms with van der Waals surface area (Å²) in [5, 5.41) is 20.4. The van der Waals surface area contributed by atoms with E-state index in [1.807, 2.05) is 26.0 Å². The molecule has 0 aliphatic rings. The highest BCUT2D eigenvalue weighted by molar-refractivity contribution is 6.37. The first-order valence-electron chi connectivity index (χ1n) is 10.9. The molecule has 2 rings (SSSR count). The Hall–Kier alpha value is -2.03. The molecule has 0 spiro atoms. The average molecular weight is 547 g/mol. The number of benzene rings is 2. The molecule has 0 bridgehead atoms. The lowest BCUT2D eigenvalue weighted by atomic mass is 9.78. The minimum atomic E-state index is -1.02. The van der Waals surface area contributed by atoms with Crippen molar-refractivity contribution < 1.29 is 29.3 Å². The van der Waals surface area contributed by atoms with E-state index in [1.165, 1.54) is 13.8 Å². The molecule has 2 N–H and O–H groups in total. The van der Waals surface area contributed by atoms with Crippen LogP contribution in [0.3, 0.4) is 0 Å². The molecule has 7 nitrogen and oxygen atoms in total. The van der Waals surface area contributed by atoms with Crippen molar-refractivity contribution in [2.24, 2.45) is 0 Å². The third-order valence-corrected chi connectivity index (χ3v) is 6.41. The zero-order valence-corrected chi connectivity index (χ0v) is 22.3. The van der Waals surface area contributed by atoms with Gasteiger partial charge in [0, 0.05) is 19.3 Å². The number of halogens is 3. The van der Waals surface area contributed by atoms with Crippen LogP contribution in [0.1, 0.15) is 38.8 Å². The number of nitrogens with zero attached hydrogens (tertiary/aromatic N) is 1. The summed E-state index contributed by atoms with van der Waals surface area (Å²) in [6, 6.07) is 10.9. The van der Waals surface area contributed by atoms with E-state index < -0.39 is 29.4 Å². The monoisotopic (exact) mass is 545 g/mol. The molecule has 0 aliphatic heterocycles. The minimum absolute atomic E-state index is 0.0244. The number of rotatable bonds is 11. The van der Waals surface area contributed by atoms with Crippen LogP contribution in [0.5, 0.6) is 11.5 Å². The molecule has 0 saturated heterocycles. The predicted octanol–water partition coefficient (Wildman–Crippen LogP) is 4.43. The van der Waals surface area contributed by atoms with Crippen molar-refractivity contribution in [2.45, 2.75) is 45.3 Å². The number of alkyl halides is 1. The molecule has 0 aromatic heterocycles. The molecule has 35 heavy (non-hydrogen) atoms. The smallest absolute Gasteiger partial charge is 0.226 e. The van der Waals surface area contributed by atoms with E-state index in [0.29, 0.717) is 15.8 Å². The minimum Gasteiger partial charge on any atom is -0.491 e. The molecule has 0 fully saturated rings. The van der Waals surface area contributed by atoms with E-state index in [-0.39, 0.29) is 31.4 Å². The van der Waals surface area contributed by atoms with Gasteiger partial charge in [0.2, 0.25) is 11.8 Å². The first-order valence-corrected chi connectivity index (χ1v) is 12.2. The van der Waals surface area contributed by atoms with Crippen LogP contribution < -0.4 is 9.47 Å². The van der Waals surface area contributed by atoms with Crippen molar-refractivity contribution in [3.63, 3.8) is 0 Å². The fourth-order valence-electron chi connectivity index (χ4n) is 3.35. The maximum absolute atomic E-state index is 11.5. The summed E-state index contributed by atoms with van der Waals surface area (Å²) >= 11 is 18.4. The van der Waals surface area contributed by atoms with E-state index in [9.17, 15) is 19.8 Å². The predicted molar refractivity (Wildman–Crippen MR) is 137 cm³/mol. The van der Waals surface area contributed by atoms with Gasteiger partial charge in [-0.1, -0.05) is 49.2 Å². The number of aliphatic hydroxyl groups is 2. The fourth-order valence-corrected chi connectivity index (χ4v) is 4.04. The molecule has 2 amide bonds. The van der Waals surface area contributed by atoms with Crippen LogP contribution in [0.2, 0.25) is 10.0 Å². The van der Waals surface area contributed by atoms with Gasteiger partial charge < -0.3 is 19.7 Å². The summed E-state index contributed by atoms with van der Waals surface area (Å²) in [5.41, 5.74) is 1.35. The maximum atomic E-state index is 11.5. The van der Waals surface area contributed by atoms with Gasteiger partial charge in [-0.05, 0) is 35.4 Å². The molecule has 192 valence electrons. The van der Waals surface area contributed by atoms with E-state index >= 15 is 0 Å². The summed E-state index contributed by atoms with van der Waals surface area (Å²) in [5.74, 6) is -0.0219. The van der Waals surface area contributed by atoms with Gasteiger partial charge in [-0.2, -0.15) is 0 Å². The Balaban J connectivity index is 2.09. The van der Waals surface area contributed by atoms with Gasteiger partial charge >= 0.3 is 0 Å². The Morgan fingerprint density at radius 3 is 1.91 bits per heavy atom. The molecule has 0 heterocycles. The molecule has 2 atom stereocenters. The van der Waals surface area contributed by atoms with Gasteiger partial charge in [-0.15, -0.1) is 11.6 Å². The zero-order valence-electron chi connectivity index (χ0n) is 20.1. The summed E-state index contributed by atoms with van der Waals surface area (Å²) in [6.07, 6.45) is -1.85. The molecule has 0 unspecified atom stereocenters. The van der Waals surface area contributed by atoms with Crippen LogP contribution in [-0.2, 0) is 15.0 Å². The average Bonchev–Trinajstić information content (AvgIpc) is 2.80. The quantitative estimate of drug-likeness (QED) is 0.405. The third-order valence-electron chi connectivity index (χ3n) is 5.49. The first kappa shape index (κ1) is 29.2. The van der Waals surface area contributed by atoms with Crippen LogP contribution in [0.15, 0.2) is 36.4 Å². The summed E-state index contributed by atoms with van der Waals surface area (Å²) in [6.45, 7) is 6.33. The lowest BCUT2D eigenvalue weighted by Crippen LogP contribution is -2.41. The van der Waals surface area contributed by atoms with Crippen LogP contribution in [-0.4, -0.2) is 64.8 Å². The molecule has 0 aliphatic carbocycles. The highest BCUT2D eigenvalue weighted by Crippen LogP contribution is 2.40.